The summed E-state index contributed by atoms with van der Waals surface area (Å²) < 4.78 is 12.5. The van der Waals surface area contributed by atoms with Gasteiger partial charge in [0.15, 0.2) is 0 Å². The second-order valence-corrected chi connectivity index (χ2v) is 8.74. The molecule has 28 heavy (non-hydrogen) atoms. The second-order valence-electron chi connectivity index (χ2n) is 8.74. The van der Waals surface area contributed by atoms with Crippen molar-refractivity contribution in [2.75, 3.05) is 0 Å². The molecule has 0 saturated carbocycles. The van der Waals surface area contributed by atoms with Crippen molar-refractivity contribution in [3.8, 4) is 0 Å². The summed E-state index contributed by atoms with van der Waals surface area (Å²) in [5.74, 6) is 0. The minimum Gasteiger partial charge on any atom is -0.399 e. The van der Waals surface area contributed by atoms with Gasteiger partial charge in [0, 0.05) is 17.1 Å². The van der Waals surface area contributed by atoms with E-state index < -0.39 is 0 Å². The van der Waals surface area contributed by atoms with Crippen molar-refractivity contribution in [3.05, 3.63) is 77.5 Å². The van der Waals surface area contributed by atoms with E-state index in [1.165, 1.54) is 16.7 Å². The Morgan fingerprint density at radius 1 is 0.929 bits per heavy atom. The summed E-state index contributed by atoms with van der Waals surface area (Å²) >= 11 is 0. The maximum absolute atomic E-state index is 6.25. The minimum absolute atomic E-state index is 0.336. The first-order valence-corrected chi connectivity index (χ1v) is 9.88. The van der Waals surface area contributed by atoms with Crippen LogP contribution in [-0.4, -0.2) is 23.3 Å². The molecule has 2 heterocycles. The molecule has 3 nitrogen and oxygen atoms in total. The fourth-order valence-electron chi connectivity index (χ4n) is 3.96. The molecule has 0 unspecified atom stereocenters. The molecule has 5 rings (SSSR count). The van der Waals surface area contributed by atoms with Gasteiger partial charge in [-0.1, -0.05) is 42.5 Å². The number of nitrogens with zero attached hydrogens (tertiary/aromatic N) is 1. The van der Waals surface area contributed by atoms with E-state index in [4.69, 9.17) is 9.31 Å². The van der Waals surface area contributed by atoms with E-state index in [-0.39, 0.29) is 18.3 Å². The molecule has 0 amide bonds. The van der Waals surface area contributed by atoms with Crippen LogP contribution >= 0.6 is 0 Å². The largest absolute Gasteiger partial charge is 0.494 e. The monoisotopic (exact) mass is 369 g/mol. The normalized spacial score (nSPS) is 19.7. The van der Waals surface area contributed by atoms with Crippen molar-refractivity contribution in [2.24, 2.45) is 0 Å². The van der Waals surface area contributed by atoms with Gasteiger partial charge >= 0.3 is 7.12 Å². The molecule has 0 spiro atoms. The quantitative estimate of drug-likeness (QED) is 0.623. The molecule has 0 N–H and O–H groups in total. The van der Waals surface area contributed by atoms with Crippen LogP contribution in [0.3, 0.4) is 0 Å². The molecule has 0 bridgehead atoms. The summed E-state index contributed by atoms with van der Waals surface area (Å²) in [4.78, 5) is 4.65. The average molecular weight is 369 g/mol. The number of pyridine rings is 1. The Morgan fingerprint density at radius 2 is 1.68 bits per heavy atom. The van der Waals surface area contributed by atoms with Gasteiger partial charge in [0.1, 0.15) is 0 Å². The number of allylic oxidation sites excluding steroid dienone is 1. The molecular formula is C24H24BNO2. The highest BCUT2D eigenvalue weighted by Gasteiger charge is 2.51. The van der Waals surface area contributed by atoms with E-state index in [9.17, 15) is 0 Å². The van der Waals surface area contributed by atoms with Crippen molar-refractivity contribution in [3.63, 3.8) is 0 Å². The van der Waals surface area contributed by atoms with Crippen LogP contribution in [0.5, 0.6) is 0 Å². The van der Waals surface area contributed by atoms with Crippen LogP contribution in [0.4, 0.5) is 0 Å². The molecule has 1 aliphatic carbocycles. The Balaban J connectivity index is 1.52. The van der Waals surface area contributed by atoms with Crippen LogP contribution in [-0.2, 0) is 15.7 Å². The number of hydrogen-bond acceptors (Lipinski definition) is 3. The SMILES string of the molecule is CC1(C)OB(c2ccc3c(c2)C(c2cnc4ccccc4c2)=CC3)OC1(C)C. The van der Waals surface area contributed by atoms with Crippen molar-refractivity contribution in [1.29, 1.82) is 0 Å². The Bertz CT molecular complexity index is 1100. The number of aromatic nitrogens is 1. The fraction of sp³-hybridized carbons (Fsp3) is 0.292. The zero-order chi connectivity index (χ0) is 19.5. The third-order valence-corrected chi connectivity index (χ3v) is 6.38. The van der Waals surface area contributed by atoms with E-state index in [1.807, 2.05) is 18.3 Å². The molecule has 140 valence electrons. The predicted molar refractivity (Wildman–Crippen MR) is 115 cm³/mol. The smallest absolute Gasteiger partial charge is 0.399 e. The van der Waals surface area contributed by atoms with Gasteiger partial charge in [-0.05, 0) is 68.4 Å². The van der Waals surface area contributed by atoms with Gasteiger partial charge in [-0.25, -0.2) is 0 Å². The molecule has 0 atom stereocenters. The highest BCUT2D eigenvalue weighted by atomic mass is 16.7. The Hall–Kier alpha value is -2.43. The third kappa shape index (κ3) is 2.71. The van der Waals surface area contributed by atoms with Gasteiger partial charge in [-0.15, -0.1) is 0 Å². The number of hydrogen-bond donors (Lipinski definition) is 0. The first kappa shape index (κ1) is 17.7. The summed E-state index contributed by atoms with van der Waals surface area (Å²) in [7, 11) is -0.341. The van der Waals surface area contributed by atoms with Crippen molar-refractivity contribution >= 4 is 29.1 Å². The van der Waals surface area contributed by atoms with E-state index in [0.29, 0.717) is 0 Å². The van der Waals surface area contributed by atoms with Crippen molar-refractivity contribution in [1.82, 2.24) is 4.98 Å². The summed E-state index contributed by atoms with van der Waals surface area (Å²) in [5, 5.41) is 1.16. The van der Waals surface area contributed by atoms with Gasteiger partial charge in [0.25, 0.3) is 0 Å². The van der Waals surface area contributed by atoms with Crippen LogP contribution in [0.2, 0.25) is 0 Å². The zero-order valence-electron chi connectivity index (χ0n) is 16.8. The summed E-state index contributed by atoms with van der Waals surface area (Å²) in [6.07, 6.45) is 5.22. The van der Waals surface area contributed by atoms with Gasteiger partial charge in [0.2, 0.25) is 0 Å². The summed E-state index contributed by atoms with van der Waals surface area (Å²) in [5.41, 5.74) is 6.41. The number of fused-ring (bicyclic) bond motifs is 2. The average Bonchev–Trinajstić information content (AvgIpc) is 3.18. The summed E-state index contributed by atoms with van der Waals surface area (Å²) in [6, 6.07) is 17.0. The third-order valence-electron chi connectivity index (χ3n) is 6.38. The first-order chi connectivity index (χ1) is 13.3. The lowest BCUT2D eigenvalue weighted by atomic mass is 9.77. The topological polar surface area (TPSA) is 31.4 Å². The number of para-hydroxylation sites is 1. The molecule has 0 radical (unpaired) electrons. The molecular weight excluding hydrogens is 345 g/mol. The molecule has 4 heteroatoms. The fourth-order valence-corrected chi connectivity index (χ4v) is 3.96. The lowest BCUT2D eigenvalue weighted by molar-refractivity contribution is 0.00578. The minimum atomic E-state index is -0.341. The van der Waals surface area contributed by atoms with Crippen LogP contribution in [0.1, 0.15) is 44.4 Å². The molecule has 1 aliphatic heterocycles. The molecule has 3 aromatic rings. The number of rotatable bonds is 2. The Morgan fingerprint density at radius 3 is 2.46 bits per heavy atom. The van der Waals surface area contributed by atoms with Crippen LogP contribution in [0.25, 0.3) is 16.5 Å². The molecule has 2 aliphatic rings. The van der Waals surface area contributed by atoms with E-state index in [1.54, 1.807) is 0 Å². The van der Waals surface area contributed by atoms with Crippen LogP contribution in [0.15, 0.2) is 60.8 Å². The molecule has 1 fully saturated rings. The summed E-state index contributed by atoms with van der Waals surface area (Å²) in [6.45, 7) is 8.36. The van der Waals surface area contributed by atoms with E-state index in [0.717, 1.165) is 28.4 Å². The van der Waals surface area contributed by atoms with Gasteiger partial charge in [0.05, 0.1) is 16.7 Å². The molecule has 2 aromatic carbocycles. The second kappa shape index (κ2) is 6.03. The van der Waals surface area contributed by atoms with Crippen LogP contribution in [0, 0.1) is 0 Å². The Labute approximate surface area is 166 Å². The molecule has 1 saturated heterocycles. The standard InChI is InChI=1S/C24H24BNO2/c1-23(2)24(3,4)28-25(27-23)19-11-9-16-10-12-20(21(16)14-19)18-13-17-7-5-6-8-22(17)26-15-18/h5-9,11-15H,10H2,1-4H3. The van der Waals surface area contributed by atoms with Crippen molar-refractivity contribution < 1.29 is 9.31 Å². The van der Waals surface area contributed by atoms with Crippen molar-refractivity contribution in [2.45, 2.75) is 45.3 Å². The number of benzene rings is 2. The van der Waals surface area contributed by atoms with Gasteiger partial charge in [-0.2, -0.15) is 0 Å². The maximum Gasteiger partial charge on any atom is 0.494 e. The van der Waals surface area contributed by atoms with Gasteiger partial charge < -0.3 is 9.31 Å². The maximum atomic E-state index is 6.25. The first-order valence-electron chi connectivity index (χ1n) is 9.88. The highest BCUT2D eigenvalue weighted by molar-refractivity contribution is 6.62. The predicted octanol–water partition coefficient (Wildman–Crippen LogP) is 4.52. The Kier molecular flexibility index (Phi) is 3.81. The van der Waals surface area contributed by atoms with E-state index in [2.05, 4.69) is 75.2 Å². The van der Waals surface area contributed by atoms with Gasteiger partial charge in [-0.3, -0.25) is 4.98 Å². The molecule has 1 aromatic heterocycles. The van der Waals surface area contributed by atoms with Crippen LogP contribution < -0.4 is 5.46 Å². The lowest BCUT2D eigenvalue weighted by Crippen LogP contribution is -2.41. The zero-order valence-corrected chi connectivity index (χ0v) is 16.8. The van der Waals surface area contributed by atoms with E-state index >= 15 is 0 Å². The lowest BCUT2D eigenvalue weighted by Gasteiger charge is -2.32. The highest BCUT2D eigenvalue weighted by Crippen LogP contribution is 2.38.